The van der Waals surface area contributed by atoms with E-state index in [1.807, 2.05) is 40.8 Å². The molecule has 0 spiro atoms. The maximum Gasteiger partial charge on any atom is 0.227 e. The number of carbonyl (C=O) groups excluding carboxylic acids is 1. The summed E-state index contributed by atoms with van der Waals surface area (Å²) in [5.74, 6) is 0.197. The third-order valence-corrected chi connectivity index (χ3v) is 4.90. The molecule has 0 aliphatic carbocycles. The molecule has 0 N–H and O–H groups in total. The highest BCUT2D eigenvalue weighted by atomic mass is 16.2. The fourth-order valence-electron chi connectivity index (χ4n) is 3.43. The molecule has 0 unspecified atom stereocenters. The van der Waals surface area contributed by atoms with E-state index in [-0.39, 0.29) is 5.91 Å². The summed E-state index contributed by atoms with van der Waals surface area (Å²) >= 11 is 0. The monoisotopic (exact) mass is 334 g/mol. The van der Waals surface area contributed by atoms with Gasteiger partial charge in [0.25, 0.3) is 0 Å². The second-order valence-corrected chi connectivity index (χ2v) is 6.56. The van der Waals surface area contributed by atoms with Gasteiger partial charge >= 0.3 is 0 Å². The van der Waals surface area contributed by atoms with Gasteiger partial charge in [-0.1, -0.05) is 24.3 Å². The molecule has 1 fully saturated rings. The Morgan fingerprint density at radius 2 is 1.80 bits per heavy atom. The number of carbonyl (C=O) groups is 1. The number of fused-ring (bicyclic) bond motifs is 1. The first-order valence-electron chi connectivity index (χ1n) is 8.68. The van der Waals surface area contributed by atoms with Crippen LogP contribution in [0, 0.1) is 0 Å². The number of amides is 1. The summed E-state index contributed by atoms with van der Waals surface area (Å²) in [5.41, 5.74) is 4.30. The van der Waals surface area contributed by atoms with Crippen LogP contribution in [0.1, 0.15) is 5.56 Å². The maximum absolute atomic E-state index is 12.6. The zero-order valence-corrected chi connectivity index (χ0v) is 14.4. The molecule has 1 amide bonds. The molecule has 1 aromatic heterocycles. The zero-order valence-electron chi connectivity index (χ0n) is 14.4. The standard InChI is InChI=1S/C20H22N4O/c1-22-15-21-18-13-16(7-8-19(18)22)14-20(25)24-11-9-23(10-12-24)17-5-3-2-4-6-17/h2-8,13,15H,9-12,14H2,1H3. The number of benzene rings is 2. The summed E-state index contributed by atoms with van der Waals surface area (Å²) in [7, 11) is 1.98. The van der Waals surface area contributed by atoms with E-state index in [0.29, 0.717) is 6.42 Å². The van der Waals surface area contributed by atoms with Crippen LogP contribution in [-0.2, 0) is 18.3 Å². The largest absolute Gasteiger partial charge is 0.368 e. The minimum Gasteiger partial charge on any atom is -0.368 e. The number of para-hydroxylation sites is 1. The van der Waals surface area contributed by atoms with E-state index in [0.717, 1.165) is 42.8 Å². The number of imidazole rings is 1. The van der Waals surface area contributed by atoms with Gasteiger partial charge in [-0.2, -0.15) is 0 Å². The lowest BCUT2D eigenvalue weighted by atomic mass is 10.1. The Kier molecular flexibility index (Phi) is 4.14. The van der Waals surface area contributed by atoms with Crippen molar-refractivity contribution in [2.24, 2.45) is 7.05 Å². The summed E-state index contributed by atoms with van der Waals surface area (Å²) in [6.07, 6.45) is 2.25. The van der Waals surface area contributed by atoms with Crippen molar-refractivity contribution in [3.05, 3.63) is 60.4 Å². The van der Waals surface area contributed by atoms with Crippen LogP contribution in [0.2, 0.25) is 0 Å². The van der Waals surface area contributed by atoms with Gasteiger partial charge in [0.2, 0.25) is 5.91 Å². The summed E-state index contributed by atoms with van der Waals surface area (Å²) in [5, 5.41) is 0. The van der Waals surface area contributed by atoms with E-state index < -0.39 is 0 Å². The van der Waals surface area contributed by atoms with Gasteiger partial charge in [0.1, 0.15) is 0 Å². The second kappa shape index (κ2) is 6.59. The predicted octanol–water partition coefficient (Wildman–Crippen LogP) is 2.46. The molecule has 128 valence electrons. The van der Waals surface area contributed by atoms with Gasteiger partial charge in [-0.15, -0.1) is 0 Å². The van der Waals surface area contributed by atoms with Crippen LogP contribution in [0.25, 0.3) is 11.0 Å². The minimum absolute atomic E-state index is 0.197. The number of piperazine rings is 1. The molecular formula is C20H22N4O. The van der Waals surface area contributed by atoms with Gasteiger partial charge in [0.05, 0.1) is 23.8 Å². The highest BCUT2D eigenvalue weighted by Crippen LogP contribution is 2.17. The summed E-state index contributed by atoms with van der Waals surface area (Å²) in [6.45, 7) is 3.32. The van der Waals surface area contributed by atoms with Crippen LogP contribution in [0.4, 0.5) is 5.69 Å². The van der Waals surface area contributed by atoms with E-state index in [1.54, 1.807) is 6.33 Å². The van der Waals surface area contributed by atoms with Crippen molar-refractivity contribution in [2.45, 2.75) is 6.42 Å². The molecule has 1 saturated heterocycles. The van der Waals surface area contributed by atoms with E-state index in [1.165, 1.54) is 5.69 Å². The number of nitrogens with zero attached hydrogens (tertiary/aromatic N) is 4. The molecule has 3 aromatic rings. The highest BCUT2D eigenvalue weighted by molar-refractivity contribution is 5.82. The fourth-order valence-corrected chi connectivity index (χ4v) is 3.43. The first-order chi connectivity index (χ1) is 12.2. The molecule has 25 heavy (non-hydrogen) atoms. The van der Waals surface area contributed by atoms with Crippen molar-refractivity contribution in [3.8, 4) is 0 Å². The van der Waals surface area contributed by atoms with E-state index >= 15 is 0 Å². The number of aromatic nitrogens is 2. The summed E-state index contributed by atoms with van der Waals surface area (Å²) in [4.78, 5) is 21.3. The lowest BCUT2D eigenvalue weighted by Gasteiger charge is -2.36. The van der Waals surface area contributed by atoms with Crippen LogP contribution >= 0.6 is 0 Å². The Labute approximate surface area is 147 Å². The van der Waals surface area contributed by atoms with Crippen LogP contribution in [0.3, 0.4) is 0 Å². The average Bonchev–Trinajstić information content (AvgIpc) is 3.03. The van der Waals surface area contributed by atoms with Gasteiger partial charge in [0.15, 0.2) is 0 Å². The number of aryl methyl sites for hydroxylation is 1. The highest BCUT2D eigenvalue weighted by Gasteiger charge is 2.21. The minimum atomic E-state index is 0.197. The lowest BCUT2D eigenvalue weighted by Crippen LogP contribution is -2.49. The van der Waals surface area contributed by atoms with Crippen molar-refractivity contribution in [2.75, 3.05) is 31.1 Å². The fraction of sp³-hybridized carbons (Fsp3) is 0.300. The Bertz CT molecular complexity index is 879. The number of hydrogen-bond donors (Lipinski definition) is 0. The van der Waals surface area contributed by atoms with Gasteiger partial charge in [0, 0.05) is 38.9 Å². The molecule has 1 aliphatic rings. The summed E-state index contributed by atoms with van der Waals surface area (Å²) < 4.78 is 1.99. The Morgan fingerprint density at radius 3 is 2.56 bits per heavy atom. The van der Waals surface area contributed by atoms with Crippen molar-refractivity contribution < 1.29 is 4.79 Å². The van der Waals surface area contributed by atoms with Crippen molar-refractivity contribution in [1.82, 2.24) is 14.5 Å². The molecule has 0 saturated carbocycles. The van der Waals surface area contributed by atoms with Gasteiger partial charge in [-0.05, 0) is 29.8 Å². The van der Waals surface area contributed by atoms with E-state index in [2.05, 4.69) is 34.1 Å². The lowest BCUT2D eigenvalue weighted by molar-refractivity contribution is -0.130. The predicted molar refractivity (Wildman–Crippen MR) is 99.7 cm³/mol. The van der Waals surface area contributed by atoms with Crippen molar-refractivity contribution in [3.63, 3.8) is 0 Å². The molecule has 2 aromatic carbocycles. The number of hydrogen-bond acceptors (Lipinski definition) is 3. The van der Waals surface area contributed by atoms with Gasteiger partial charge in [-0.3, -0.25) is 4.79 Å². The quantitative estimate of drug-likeness (QED) is 0.739. The van der Waals surface area contributed by atoms with Gasteiger partial charge < -0.3 is 14.4 Å². The molecule has 5 nitrogen and oxygen atoms in total. The normalized spacial score (nSPS) is 14.9. The smallest absolute Gasteiger partial charge is 0.227 e. The first kappa shape index (κ1) is 15.7. The molecular weight excluding hydrogens is 312 g/mol. The SMILES string of the molecule is Cn1cnc2cc(CC(=O)N3CCN(c4ccccc4)CC3)ccc21. The molecule has 2 heterocycles. The third-order valence-electron chi connectivity index (χ3n) is 4.90. The van der Waals surface area contributed by atoms with E-state index in [4.69, 9.17) is 0 Å². The van der Waals surface area contributed by atoms with Crippen LogP contribution in [-0.4, -0.2) is 46.5 Å². The van der Waals surface area contributed by atoms with Crippen molar-refractivity contribution >= 4 is 22.6 Å². The molecule has 4 rings (SSSR count). The molecule has 0 bridgehead atoms. The number of rotatable bonds is 3. The Balaban J connectivity index is 1.38. The van der Waals surface area contributed by atoms with Crippen molar-refractivity contribution in [1.29, 1.82) is 0 Å². The zero-order chi connectivity index (χ0) is 17.2. The first-order valence-corrected chi connectivity index (χ1v) is 8.68. The van der Waals surface area contributed by atoms with Crippen LogP contribution in [0.5, 0.6) is 0 Å². The topological polar surface area (TPSA) is 41.4 Å². The van der Waals surface area contributed by atoms with Crippen LogP contribution in [0.15, 0.2) is 54.9 Å². The van der Waals surface area contributed by atoms with Crippen LogP contribution < -0.4 is 4.90 Å². The average molecular weight is 334 g/mol. The van der Waals surface area contributed by atoms with Gasteiger partial charge in [-0.25, -0.2) is 4.98 Å². The molecule has 0 radical (unpaired) electrons. The Hall–Kier alpha value is -2.82. The number of anilines is 1. The Morgan fingerprint density at radius 1 is 1.04 bits per heavy atom. The maximum atomic E-state index is 12.6. The summed E-state index contributed by atoms with van der Waals surface area (Å²) in [6, 6.07) is 16.5. The third kappa shape index (κ3) is 3.22. The van der Waals surface area contributed by atoms with E-state index in [9.17, 15) is 4.79 Å². The molecule has 0 atom stereocenters. The second-order valence-electron chi connectivity index (χ2n) is 6.56. The molecule has 1 aliphatic heterocycles. The molecule has 5 heteroatoms.